The second-order valence-corrected chi connectivity index (χ2v) is 9.17. The van der Waals surface area contributed by atoms with Crippen molar-refractivity contribution in [2.24, 2.45) is 14.1 Å². The number of hydrogen-bond donors (Lipinski definition) is 1. The zero-order valence-electron chi connectivity index (χ0n) is 13.5. The van der Waals surface area contributed by atoms with Crippen LogP contribution < -0.4 is 15.8 Å². The van der Waals surface area contributed by atoms with Gasteiger partial charge in [-0.1, -0.05) is 11.6 Å². The van der Waals surface area contributed by atoms with Gasteiger partial charge in [-0.05, 0) is 36.8 Å². The zero-order chi connectivity index (χ0) is 18.5. The summed E-state index contributed by atoms with van der Waals surface area (Å²) in [5.41, 5.74) is 0.595. The number of hydrogen-bond acceptors (Lipinski definition) is 5. The van der Waals surface area contributed by atoms with E-state index in [4.69, 9.17) is 11.6 Å². The number of halogens is 1. The number of benzene rings is 1. The Morgan fingerprint density at radius 1 is 1.04 bits per heavy atom. The third kappa shape index (κ3) is 2.99. The summed E-state index contributed by atoms with van der Waals surface area (Å²) in [6.07, 6.45) is 0. The van der Waals surface area contributed by atoms with Crippen LogP contribution in [0.15, 0.2) is 38.1 Å². The SMILES string of the molecule is Cc1cc2c(cc1NS(=O)(=O)c1ccc(Cl)s1)n(C)c(=O)c(=O)n2C. The van der Waals surface area contributed by atoms with Crippen molar-refractivity contribution in [2.45, 2.75) is 11.1 Å². The Kier molecular flexibility index (Phi) is 4.26. The molecule has 3 aromatic rings. The van der Waals surface area contributed by atoms with Gasteiger partial charge in [0.05, 0.1) is 21.1 Å². The predicted octanol–water partition coefficient (Wildman–Crippen LogP) is 2.06. The van der Waals surface area contributed by atoms with E-state index < -0.39 is 21.1 Å². The van der Waals surface area contributed by atoms with Crippen molar-refractivity contribution in [3.63, 3.8) is 0 Å². The van der Waals surface area contributed by atoms with Crippen LogP contribution in [0, 0.1) is 6.92 Å². The summed E-state index contributed by atoms with van der Waals surface area (Å²) in [5, 5.41) is 0. The molecule has 132 valence electrons. The van der Waals surface area contributed by atoms with E-state index in [0.29, 0.717) is 26.6 Å². The van der Waals surface area contributed by atoms with Crippen LogP contribution in [0.2, 0.25) is 4.34 Å². The molecular weight excluding hydrogens is 386 g/mol. The lowest BCUT2D eigenvalue weighted by molar-refractivity contribution is 0.603. The third-order valence-corrected chi connectivity index (χ3v) is 6.98. The van der Waals surface area contributed by atoms with Crippen LogP contribution in [0.5, 0.6) is 0 Å². The topological polar surface area (TPSA) is 90.2 Å². The van der Waals surface area contributed by atoms with Gasteiger partial charge >= 0.3 is 11.1 Å². The Hall–Kier alpha value is -2.10. The lowest BCUT2D eigenvalue weighted by atomic mass is 10.1. The molecule has 0 aliphatic heterocycles. The Morgan fingerprint density at radius 2 is 1.60 bits per heavy atom. The largest absolute Gasteiger partial charge is 0.316 e. The second kappa shape index (κ2) is 6.01. The molecule has 0 aliphatic carbocycles. The van der Waals surface area contributed by atoms with E-state index in [2.05, 4.69) is 4.72 Å². The first-order chi connectivity index (χ1) is 11.6. The van der Waals surface area contributed by atoms with Gasteiger partial charge in [-0.25, -0.2) is 8.42 Å². The number of anilines is 1. The van der Waals surface area contributed by atoms with Crippen molar-refractivity contribution >= 4 is 49.7 Å². The average Bonchev–Trinajstić information content (AvgIpc) is 2.99. The minimum atomic E-state index is -3.80. The smallest absolute Gasteiger partial charge is 0.305 e. The standard InChI is InChI=1S/C15H14ClN3O4S2/c1-8-6-10-11(19(3)15(21)14(20)18(10)2)7-9(8)17-25(22,23)13-5-4-12(16)24-13/h4-7,17H,1-3H3. The summed E-state index contributed by atoms with van der Waals surface area (Å²) >= 11 is 6.75. The fourth-order valence-corrected chi connectivity index (χ4v) is 5.08. The van der Waals surface area contributed by atoms with Crippen LogP contribution in [0.1, 0.15) is 5.56 Å². The molecule has 10 heteroatoms. The van der Waals surface area contributed by atoms with E-state index in [1.165, 1.54) is 41.4 Å². The summed E-state index contributed by atoms with van der Waals surface area (Å²) in [4.78, 5) is 23.9. The molecule has 0 radical (unpaired) electrons. The van der Waals surface area contributed by atoms with E-state index >= 15 is 0 Å². The molecule has 0 spiro atoms. The molecule has 1 aromatic carbocycles. The van der Waals surface area contributed by atoms with Crippen molar-refractivity contribution in [2.75, 3.05) is 4.72 Å². The molecule has 3 rings (SSSR count). The fourth-order valence-electron chi connectivity index (χ4n) is 2.47. The van der Waals surface area contributed by atoms with Crippen LogP contribution in [0.25, 0.3) is 11.0 Å². The number of nitrogens with one attached hydrogen (secondary N) is 1. The summed E-state index contributed by atoms with van der Waals surface area (Å²) in [6.45, 7) is 1.72. The van der Waals surface area contributed by atoms with Gasteiger partial charge in [-0.15, -0.1) is 11.3 Å². The summed E-state index contributed by atoms with van der Waals surface area (Å²) < 4.78 is 30.4. The van der Waals surface area contributed by atoms with Crippen molar-refractivity contribution < 1.29 is 8.42 Å². The van der Waals surface area contributed by atoms with Crippen molar-refractivity contribution in [1.82, 2.24) is 9.13 Å². The highest BCUT2D eigenvalue weighted by molar-refractivity contribution is 7.94. The first-order valence-electron chi connectivity index (χ1n) is 7.10. The molecule has 7 nitrogen and oxygen atoms in total. The van der Waals surface area contributed by atoms with Crippen molar-refractivity contribution in [3.05, 3.63) is 54.9 Å². The van der Waals surface area contributed by atoms with Crippen molar-refractivity contribution in [3.8, 4) is 0 Å². The highest BCUT2D eigenvalue weighted by atomic mass is 35.5. The molecule has 2 aromatic heterocycles. The molecule has 25 heavy (non-hydrogen) atoms. The number of nitrogens with zero attached hydrogens (tertiary/aromatic N) is 2. The monoisotopic (exact) mass is 399 g/mol. The molecule has 0 amide bonds. The molecule has 2 heterocycles. The van der Waals surface area contributed by atoms with Gasteiger partial charge in [0.15, 0.2) is 0 Å². The lowest BCUT2D eigenvalue weighted by Crippen LogP contribution is -2.39. The molecule has 0 atom stereocenters. The van der Waals surface area contributed by atoms with Crippen LogP contribution in [0.4, 0.5) is 5.69 Å². The average molecular weight is 400 g/mol. The summed E-state index contributed by atoms with van der Waals surface area (Å²) in [7, 11) is -0.823. The van der Waals surface area contributed by atoms with Crippen LogP contribution in [0.3, 0.4) is 0 Å². The predicted molar refractivity (Wildman–Crippen MR) is 99.3 cm³/mol. The minimum Gasteiger partial charge on any atom is -0.305 e. The highest BCUT2D eigenvalue weighted by Gasteiger charge is 2.19. The summed E-state index contributed by atoms with van der Waals surface area (Å²) in [6, 6.07) is 6.13. The second-order valence-electron chi connectivity index (χ2n) is 5.55. The molecule has 0 unspecified atom stereocenters. The Bertz CT molecular complexity index is 1220. The van der Waals surface area contributed by atoms with Gasteiger partial charge in [0, 0.05) is 14.1 Å². The Labute approximate surface area is 152 Å². The van der Waals surface area contributed by atoms with Crippen LogP contribution in [-0.4, -0.2) is 17.6 Å². The maximum Gasteiger partial charge on any atom is 0.316 e. The number of sulfonamides is 1. The first kappa shape index (κ1) is 17.7. The number of aromatic nitrogens is 2. The van der Waals surface area contributed by atoms with Gasteiger partial charge in [-0.3, -0.25) is 14.3 Å². The van der Waals surface area contributed by atoms with Gasteiger partial charge in [0.2, 0.25) is 0 Å². The van der Waals surface area contributed by atoms with Gasteiger partial charge in [0.25, 0.3) is 10.0 Å². The highest BCUT2D eigenvalue weighted by Crippen LogP contribution is 2.29. The van der Waals surface area contributed by atoms with Gasteiger partial charge in [-0.2, -0.15) is 0 Å². The quantitative estimate of drug-likeness (QED) is 0.682. The molecule has 0 aliphatic rings. The molecular formula is C15H14ClN3O4S2. The fraction of sp³-hybridized carbons (Fsp3) is 0.200. The first-order valence-corrected chi connectivity index (χ1v) is 9.78. The van der Waals surface area contributed by atoms with Crippen LogP contribution in [-0.2, 0) is 24.1 Å². The molecule has 0 fully saturated rings. The maximum atomic E-state index is 12.5. The number of fused-ring (bicyclic) bond motifs is 1. The van der Waals surface area contributed by atoms with E-state index in [0.717, 1.165) is 11.3 Å². The van der Waals surface area contributed by atoms with Gasteiger partial charge in [0.1, 0.15) is 4.21 Å². The Morgan fingerprint density at radius 3 is 2.12 bits per heavy atom. The minimum absolute atomic E-state index is 0.0892. The lowest BCUT2D eigenvalue weighted by Gasteiger charge is -2.14. The number of aryl methyl sites for hydroxylation is 3. The molecule has 0 saturated carbocycles. The Balaban J connectivity index is 2.20. The van der Waals surface area contributed by atoms with Gasteiger partial charge < -0.3 is 9.13 Å². The number of thiophene rings is 1. The molecule has 0 bridgehead atoms. The number of rotatable bonds is 3. The third-order valence-electron chi connectivity index (χ3n) is 3.89. The van der Waals surface area contributed by atoms with E-state index in [1.54, 1.807) is 13.0 Å². The molecule has 1 N–H and O–H groups in total. The van der Waals surface area contributed by atoms with E-state index in [-0.39, 0.29) is 4.21 Å². The van der Waals surface area contributed by atoms with Crippen LogP contribution >= 0.6 is 22.9 Å². The van der Waals surface area contributed by atoms with E-state index in [1.807, 2.05) is 0 Å². The normalized spacial score (nSPS) is 11.8. The van der Waals surface area contributed by atoms with E-state index in [9.17, 15) is 18.0 Å². The maximum absolute atomic E-state index is 12.5. The van der Waals surface area contributed by atoms with Crippen molar-refractivity contribution in [1.29, 1.82) is 0 Å². The molecule has 0 saturated heterocycles. The zero-order valence-corrected chi connectivity index (χ0v) is 15.9. The summed E-state index contributed by atoms with van der Waals surface area (Å²) in [5.74, 6) is 0.